The average molecular weight is 354 g/mol. The highest BCUT2D eigenvalue weighted by atomic mass is 32.2. The number of rotatable bonds is 4. The van der Waals surface area contributed by atoms with E-state index in [0.29, 0.717) is 11.7 Å². The molecule has 1 heterocycles. The van der Waals surface area contributed by atoms with Crippen molar-refractivity contribution in [2.24, 2.45) is 5.92 Å². The average Bonchev–Trinajstić information content (AvgIpc) is 2.95. The van der Waals surface area contributed by atoms with E-state index in [9.17, 15) is 5.11 Å². The van der Waals surface area contributed by atoms with E-state index in [1.54, 1.807) is 6.07 Å². The van der Waals surface area contributed by atoms with Crippen molar-refractivity contribution in [1.29, 1.82) is 0 Å². The minimum Gasteiger partial charge on any atom is -0.508 e. The first-order chi connectivity index (χ1) is 12.3. The summed E-state index contributed by atoms with van der Waals surface area (Å²) >= 11 is 1.95. The third kappa shape index (κ3) is 3.58. The molecule has 2 aliphatic rings. The Bertz CT molecular complexity index is 704. The van der Waals surface area contributed by atoms with Crippen LogP contribution in [0.5, 0.6) is 5.75 Å². The van der Waals surface area contributed by atoms with Gasteiger partial charge in [0.1, 0.15) is 5.75 Å². The molecule has 0 bridgehead atoms. The van der Waals surface area contributed by atoms with Gasteiger partial charge in [0.05, 0.1) is 0 Å². The van der Waals surface area contributed by atoms with Crippen molar-refractivity contribution < 1.29 is 5.11 Å². The van der Waals surface area contributed by atoms with Crippen LogP contribution in [0.1, 0.15) is 37.7 Å². The van der Waals surface area contributed by atoms with Crippen molar-refractivity contribution in [3.63, 3.8) is 0 Å². The molecule has 1 aliphatic carbocycles. The van der Waals surface area contributed by atoms with Crippen LogP contribution in [0.15, 0.2) is 59.5 Å². The van der Waals surface area contributed by atoms with Gasteiger partial charge in [0, 0.05) is 17.3 Å². The molecule has 25 heavy (non-hydrogen) atoms. The topological polar surface area (TPSA) is 23.5 Å². The third-order valence-electron chi connectivity index (χ3n) is 6.11. The van der Waals surface area contributed by atoms with Crippen molar-refractivity contribution in [1.82, 2.24) is 4.90 Å². The van der Waals surface area contributed by atoms with E-state index in [-0.39, 0.29) is 5.41 Å². The maximum absolute atomic E-state index is 9.98. The fraction of sp³-hybridized carbons (Fsp3) is 0.455. The molecule has 1 saturated carbocycles. The Morgan fingerprint density at radius 3 is 2.72 bits per heavy atom. The molecular formula is C22H27NOS. The fourth-order valence-corrected chi connectivity index (χ4v) is 5.82. The number of nitrogens with zero attached hydrogens (tertiary/aromatic N) is 1. The van der Waals surface area contributed by atoms with Gasteiger partial charge < -0.3 is 5.11 Å². The van der Waals surface area contributed by atoms with Crippen LogP contribution in [0.3, 0.4) is 0 Å². The number of likely N-dealkylation sites (tertiary alicyclic amines) is 1. The van der Waals surface area contributed by atoms with Gasteiger partial charge in [-0.15, -0.1) is 11.8 Å². The zero-order chi connectivity index (χ0) is 17.1. The quantitative estimate of drug-likeness (QED) is 0.757. The Morgan fingerprint density at radius 1 is 1.04 bits per heavy atom. The zero-order valence-corrected chi connectivity index (χ0v) is 15.5. The second kappa shape index (κ2) is 7.43. The van der Waals surface area contributed by atoms with E-state index in [0.717, 1.165) is 5.88 Å². The Kier molecular flexibility index (Phi) is 5.05. The van der Waals surface area contributed by atoms with E-state index in [1.807, 2.05) is 23.9 Å². The fourth-order valence-electron chi connectivity index (χ4n) is 4.90. The number of benzene rings is 2. The second-order valence-electron chi connectivity index (χ2n) is 7.56. The summed E-state index contributed by atoms with van der Waals surface area (Å²) in [5, 5.41) is 9.98. The molecule has 2 fully saturated rings. The minimum absolute atomic E-state index is 0.283. The second-order valence-corrected chi connectivity index (χ2v) is 8.58. The highest BCUT2D eigenvalue weighted by molar-refractivity contribution is 7.99. The number of hydrogen-bond acceptors (Lipinski definition) is 3. The maximum atomic E-state index is 9.98. The predicted octanol–water partition coefficient (Wildman–Crippen LogP) is 5.28. The number of thioether (sulfide) groups is 1. The van der Waals surface area contributed by atoms with Crippen LogP contribution in [0, 0.1) is 5.92 Å². The molecule has 2 aromatic rings. The van der Waals surface area contributed by atoms with Crippen LogP contribution in [-0.4, -0.2) is 29.0 Å². The Hall–Kier alpha value is -1.45. The Labute approximate surface area is 155 Å². The number of fused-ring (bicyclic) bond motifs is 1. The lowest BCUT2D eigenvalue weighted by molar-refractivity contribution is 0.246. The Balaban J connectivity index is 1.49. The molecule has 2 aromatic carbocycles. The molecular weight excluding hydrogens is 326 g/mol. The smallest absolute Gasteiger partial charge is 0.115 e. The molecule has 3 heteroatoms. The molecule has 2 nitrogen and oxygen atoms in total. The molecule has 0 amide bonds. The van der Waals surface area contributed by atoms with Gasteiger partial charge in [-0.05, 0) is 73.4 Å². The first-order valence-corrected chi connectivity index (χ1v) is 10.4. The minimum atomic E-state index is 0.283. The van der Waals surface area contributed by atoms with Crippen molar-refractivity contribution in [2.45, 2.75) is 42.4 Å². The summed E-state index contributed by atoms with van der Waals surface area (Å²) in [6.45, 7) is 2.38. The molecule has 132 valence electrons. The normalized spacial score (nSPS) is 27.0. The number of phenolic OH excluding ortho intramolecular Hbond substituents is 1. The summed E-state index contributed by atoms with van der Waals surface area (Å²) in [6.07, 6.45) is 6.43. The lowest BCUT2D eigenvalue weighted by Crippen LogP contribution is -2.35. The van der Waals surface area contributed by atoms with Gasteiger partial charge >= 0.3 is 0 Å². The van der Waals surface area contributed by atoms with Gasteiger partial charge in [0.2, 0.25) is 0 Å². The van der Waals surface area contributed by atoms with Crippen molar-refractivity contribution in [3.8, 4) is 5.75 Å². The summed E-state index contributed by atoms with van der Waals surface area (Å²) in [5.74, 6) is 2.21. The van der Waals surface area contributed by atoms with Crippen molar-refractivity contribution >= 4 is 11.8 Å². The number of hydrogen-bond donors (Lipinski definition) is 1. The van der Waals surface area contributed by atoms with Crippen LogP contribution in [0.25, 0.3) is 0 Å². The summed E-state index contributed by atoms with van der Waals surface area (Å²) < 4.78 is 0. The SMILES string of the molecule is Oc1cccc(C23CCCC2CN(CSc2ccccc2)CCC3)c1. The van der Waals surface area contributed by atoms with Crippen LogP contribution >= 0.6 is 11.8 Å². The van der Waals surface area contributed by atoms with Crippen LogP contribution in [0.2, 0.25) is 0 Å². The van der Waals surface area contributed by atoms with E-state index in [4.69, 9.17) is 0 Å². The molecule has 1 saturated heterocycles. The Morgan fingerprint density at radius 2 is 1.88 bits per heavy atom. The van der Waals surface area contributed by atoms with E-state index < -0.39 is 0 Å². The molecule has 2 unspecified atom stereocenters. The molecule has 0 spiro atoms. The maximum Gasteiger partial charge on any atom is 0.115 e. The highest BCUT2D eigenvalue weighted by Gasteiger charge is 2.45. The van der Waals surface area contributed by atoms with E-state index in [1.165, 1.54) is 55.7 Å². The standard InChI is InChI=1S/C22H27NOS/c24-20-9-4-7-18(15-20)22-12-5-8-19(22)16-23(14-6-13-22)17-25-21-10-2-1-3-11-21/h1-4,7,9-11,15,19,24H,5-6,8,12-14,16-17H2. The van der Waals surface area contributed by atoms with Gasteiger partial charge in [-0.1, -0.05) is 36.8 Å². The molecule has 1 aliphatic heterocycles. The third-order valence-corrected chi connectivity index (χ3v) is 7.21. The summed E-state index contributed by atoms with van der Waals surface area (Å²) in [4.78, 5) is 4.01. The van der Waals surface area contributed by atoms with Gasteiger partial charge in [0.25, 0.3) is 0 Å². The van der Waals surface area contributed by atoms with E-state index >= 15 is 0 Å². The predicted molar refractivity (Wildman–Crippen MR) is 105 cm³/mol. The molecule has 4 rings (SSSR count). The largest absolute Gasteiger partial charge is 0.508 e. The van der Waals surface area contributed by atoms with Gasteiger partial charge in [0.15, 0.2) is 0 Å². The number of phenols is 1. The zero-order valence-electron chi connectivity index (χ0n) is 14.7. The van der Waals surface area contributed by atoms with Gasteiger partial charge in [-0.3, -0.25) is 4.90 Å². The lowest BCUT2D eigenvalue weighted by atomic mass is 9.69. The van der Waals surface area contributed by atoms with Crippen molar-refractivity contribution in [2.75, 3.05) is 19.0 Å². The van der Waals surface area contributed by atoms with E-state index in [2.05, 4.69) is 41.3 Å². The molecule has 0 radical (unpaired) electrons. The van der Waals surface area contributed by atoms with Crippen LogP contribution < -0.4 is 0 Å². The highest BCUT2D eigenvalue weighted by Crippen LogP contribution is 2.51. The van der Waals surface area contributed by atoms with Crippen molar-refractivity contribution in [3.05, 3.63) is 60.2 Å². The van der Waals surface area contributed by atoms with Gasteiger partial charge in [-0.2, -0.15) is 0 Å². The first-order valence-electron chi connectivity index (χ1n) is 9.46. The lowest BCUT2D eigenvalue weighted by Gasteiger charge is -2.36. The molecule has 0 aromatic heterocycles. The summed E-state index contributed by atoms with van der Waals surface area (Å²) in [6, 6.07) is 18.8. The monoisotopic (exact) mass is 353 g/mol. The molecule has 1 N–H and O–H groups in total. The van der Waals surface area contributed by atoms with Gasteiger partial charge in [-0.25, -0.2) is 0 Å². The summed E-state index contributed by atoms with van der Waals surface area (Å²) in [5.41, 5.74) is 1.65. The molecule has 2 atom stereocenters. The first kappa shape index (κ1) is 17.0. The van der Waals surface area contributed by atoms with Crippen LogP contribution in [-0.2, 0) is 5.41 Å². The van der Waals surface area contributed by atoms with Crippen LogP contribution in [0.4, 0.5) is 0 Å². The summed E-state index contributed by atoms with van der Waals surface area (Å²) in [7, 11) is 0. The number of aromatic hydroxyl groups is 1.